The van der Waals surface area contributed by atoms with E-state index >= 15 is 0 Å². The summed E-state index contributed by atoms with van der Waals surface area (Å²) >= 11 is 0. The molecule has 1 aliphatic rings. The summed E-state index contributed by atoms with van der Waals surface area (Å²) in [7, 11) is 0. The molecule has 1 atom stereocenters. The molecule has 1 unspecified atom stereocenters. The van der Waals surface area contributed by atoms with Gasteiger partial charge in [0.2, 0.25) is 12.2 Å². The molecule has 0 amide bonds. The van der Waals surface area contributed by atoms with Crippen molar-refractivity contribution in [3.8, 4) is 0 Å². The molecule has 0 spiro atoms. The molecule has 4 nitrogen and oxygen atoms in total. The zero-order valence-corrected chi connectivity index (χ0v) is 12.8. The van der Waals surface area contributed by atoms with E-state index in [9.17, 15) is 9.59 Å². The number of isocyanates is 2. The number of allylic oxidation sites excluding steroid dienone is 2. The summed E-state index contributed by atoms with van der Waals surface area (Å²) in [5.74, 6) is 0. The number of carbonyl (C=O) groups excluding carboxylic acids is 2. The molecule has 3 rings (SSSR count). The van der Waals surface area contributed by atoms with E-state index in [1.165, 1.54) is 6.08 Å². The highest BCUT2D eigenvalue weighted by atomic mass is 16.1. The van der Waals surface area contributed by atoms with Crippen molar-refractivity contribution in [3.63, 3.8) is 0 Å². The second kappa shape index (κ2) is 6.84. The average molecular weight is 314 g/mol. The normalized spacial score (nSPS) is 18.9. The standard InChI is InChI=1S/C20H14N2O2/c23-14-21-19-8-6-16(7-9-19)17-10-12-20(13-11-17,22-15-24)18-4-2-1-3-5-18/h1-12H,13H2. The molecule has 0 fully saturated rings. The van der Waals surface area contributed by atoms with Crippen LogP contribution in [0.25, 0.3) is 5.57 Å². The first kappa shape index (κ1) is 15.6. The topological polar surface area (TPSA) is 58.9 Å². The highest BCUT2D eigenvalue weighted by Gasteiger charge is 2.30. The Bertz CT molecular complexity index is 885. The van der Waals surface area contributed by atoms with Crippen molar-refractivity contribution in [2.75, 3.05) is 0 Å². The number of aliphatic imine (C=N–C) groups is 2. The number of hydrogen-bond donors (Lipinski definition) is 0. The van der Waals surface area contributed by atoms with E-state index in [1.54, 1.807) is 18.2 Å². The predicted octanol–water partition coefficient (Wildman–Crippen LogP) is 4.23. The molecule has 0 aliphatic heterocycles. The van der Waals surface area contributed by atoms with Crippen molar-refractivity contribution in [3.05, 3.63) is 84.0 Å². The van der Waals surface area contributed by atoms with Crippen molar-refractivity contribution in [2.24, 2.45) is 9.98 Å². The summed E-state index contributed by atoms with van der Waals surface area (Å²) in [6, 6.07) is 17.0. The lowest BCUT2D eigenvalue weighted by molar-refractivity contribution is 0.529. The van der Waals surface area contributed by atoms with Gasteiger partial charge in [-0.05, 0) is 28.8 Å². The quantitative estimate of drug-likeness (QED) is 0.626. The Balaban J connectivity index is 1.91. The molecule has 0 radical (unpaired) electrons. The van der Waals surface area contributed by atoms with Gasteiger partial charge in [-0.15, -0.1) is 0 Å². The number of nitrogens with zero attached hydrogens (tertiary/aromatic N) is 2. The van der Waals surface area contributed by atoms with Gasteiger partial charge in [-0.1, -0.05) is 60.7 Å². The van der Waals surface area contributed by atoms with Crippen LogP contribution < -0.4 is 0 Å². The highest BCUT2D eigenvalue weighted by Crippen LogP contribution is 2.37. The Morgan fingerprint density at radius 1 is 0.917 bits per heavy atom. The van der Waals surface area contributed by atoms with Crippen LogP contribution in [0.1, 0.15) is 17.5 Å². The molecule has 2 aromatic carbocycles. The second-order valence-electron chi connectivity index (χ2n) is 5.44. The Labute approximate surface area is 139 Å². The minimum atomic E-state index is -0.700. The van der Waals surface area contributed by atoms with E-state index in [0.29, 0.717) is 12.1 Å². The first-order chi connectivity index (χ1) is 11.8. The molecule has 1 aliphatic carbocycles. The van der Waals surface area contributed by atoms with E-state index in [2.05, 4.69) is 9.98 Å². The molecular formula is C20H14N2O2. The van der Waals surface area contributed by atoms with Gasteiger partial charge >= 0.3 is 0 Å². The van der Waals surface area contributed by atoms with Crippen molar-refractivity contribution in [1.29, 1.82) is 0 Å². The second-order valence-corrected chi connectivity index (χ2v) is 5.44. The van der Waals surface area contributed by atoms with Gasteiger partial charge in [0.05, 0.1) is 5.69 Å². The van der Waals surface area contributed by atoms with E-state index in [-0.39, 0.29) is 0 Å². The molecule has 0 saturated carbocycles. The molecule has 0 bridgehead atoms. The van der Waals surface area contributed by atoms with E-state index in [1.807, 2.05) is 60.7 Å². The Hall–Kier alpha value is -3.32. The van der Waals surface area contributed by atoms with Crippen LogP contribution in [0.4, 0.5) is 5.69 Å². The van der Waals surface area contributed by atoms with Gasteiger partial charge in [0.15, 0.2) is 0 Å². The monoisotopic (exact) mass is 314 g/mol. The fraction of sp³-hybridized carbons (Fsp3) is 0.100. The van der Waals surface area contributed by atoms with Crippen molar-refractivity contribution >= 4 is 23.4 Å². The highest BCUT2D eigenvalue weighted by molar-refractivity contribution is 5.76. The fourth-order valence-corrected chi connectivity index (χ4v) is 2.79. The first-order valence-corrected chi connectivity index (χ1v) is 7.50. The van der Waals surface area contributed by atoms with Crippen molar-refractivity contribution < 1.29 is 9.59 Å². The van der Waals surface area contributed by atoms with Crippen LogP contribution >= 0.6 is 0 Å². The lowest BCUT2D eigenvalue weighted by Gasteiger charge is -2.27. The Morgan fingerprint density at radius 3 is 2.25 bits per heavy atom. The average Bonchev–Trinajstić information content (AvgIpc) is 2.64. The molecule has 4 heteroatoms. The molecule has 0 aromatic heterocycles. The van der Waals surface area contributed by atoms with Crippen LogP contribution in [-0.2, 0) is 15.1 Å². The molecule has 0 heterocycles. The minimum Gasteiger partial charge on any atom is -0.211 e. The zero-order valence-electron chi connectivity index (χ0n) is 12.8. The van der Waals surface area contributed by atoms with Crippen LogP contribution in [-0.4, -0.2) is 12.2 Å². The third-order valence-electron chi connectivity index (χ3n) is 4.07. The van der Waals surface area contributed by atoms with Crippen molar-refractivity contribution in [2.45, 2.75) is 12.0 Å². The zero-order chi connectivity index (χ0) is 16.8. The van der Waals surface area contributed by atoms with Crippen LogP contribution in [0.3, 0.4) is 0 Å². The van der Waals surface area contributed by atoms with Crippen molar-refractivity contribution in [1.82, 2.24) is 0 Å². The molecule has 116 valence electrons. The van der Waals surface area contributed by atoms with Crippen LogP contribution in [0.2, 0.25) is 0 Å². The lowest BCUT2D eigenvalue weighted by atomic mass is 9.82. The minimum absolute atomic E-state index is 0.568. The lowest BCUT2D eigenvalue weighted by Crippen LogP contribution is -2.21. The number of hydrogen-bond acceptors (Lipinski definition) is 4. The first-order valence-electron chi connectivity index (χ1n) is 7.50. The molecule has 0 N–H and O–H groups in total. The summed E-state index contributed by atoms with van der Waals surface area (Å²) in [5, 5.41) is 0. The summed E-state index contributed by atoms with van der Waals surface area (Å²) in [5.41, 5.74) is 2.86. The maximum atomic E-state index is 10.9. The van der Waals surface area contributed by atoms with Gasteiger partial charge in [-0.3, -0.25) is 0 Å². The summed E-state index contributed by atoms with van der Waals surface area (Å²) in [6.45, 7) is 0. The summed E-state index contributed by atoms with van der Waals surface area (Å²) in [4.78, 5) is 28.8. The van der Waals surface area contributed by atoms with Gasteiger partial charge in [0, 0.05) is 6.42 Å². The third kappa shape index (κ3) is 3.06. The van der Waals surface area contributed by atoms with Gasteiger partial charge in [-0.2, -0.15) is 9.98 Å². The van der Waals surface area contributed by atoms with Crippen LogP contribution in [0.15, 0.2) is 82.8 Å². The van der Waals surface area contributed by atoms with E-state index < -0.39 is 5.54 Å². The predicted molar refractivity (Wildman–Crippen MR) is 92.2 cm³/mol. The third-order valence-corrected chi connectivity index (χ3v) is 4.07. The molecule has 0 saturated heterocycles. The Kier molecular flexibility index (Phi) is 4.44. The fourth-order valence-electron chi connectivity index (χ4n) is 2.79. The van der Waals surface area contributed by atoms with Gasteiger partial charge in [0.1, 0.15) is 5.54 Å². The van der Waals surface area contributed by atoms with Crippen LogP contribution in [0.5, 0.6) is 0 Å². The molecular weight excluding hydrogens is 300 g/mol. The largest absolute Gasteiger partial charge is 0.240 e. The number of benzene rings is 2. The number of rotatable bonds is 4. The van der Waals surface area contributed by atoms with Crippen LogP contribution in [0, 0.1) is 0 Å². The van der Waals surface area contributed by atoms with Gasteiger partial charge in [-0.25, -0.2) is 9.59 Å². The summed E-state index contributed by atoms with van der Waals surface area (Å²) < 4.78 is 0. The molecule has 24 heavy (non-hydrogen) atoms. The van der Waals surface area contributed by atoms with E-state index in [0.717, 1.165) is 16.7 Å². The Morgan fingerprint density at radius 2 is 1.67 bits per heavy atom. The van der Waals surface area contributed by atoms with Gasteiger partial charge in [0.25, 0.3) is 0 Å². The smallest absolute Gasteiger partial charge is 0.211 e. The van der Waals surface area contributed by atoms with Gasteiger partial charge < -0.3 is 0 Å². The SMILES string of the molecule is O=C=Nc1ccc(C2=CCC(N=C=O)(c3ccccc3)C=C2)cc1. The maximum Gasteiger partial charge on any atom is 0.240 e. The summed E-state index contributed by atoms with van der Waals surface area (Å²) in [6.07, 6.45) is 9.73. The maximum absolute atomic E-state index is 10.9. The molecule has 2 aromatic rings. The van der Waals surface area contributed by atoms with E-state index in [4.69, 9.17) is 0 Å².